The maximum absolute atomic E-state index is 4.61. The molecule has 1 atom stereocenters. The standard InChI is InChI=1S/C15H21N3S/c1-18-8-6-12(11-18)7-9-19-15-16-10-13-4-2-3-5-14(13)17-15/h2-5,12H,6-11H2,1H3,(H,16,17). The molecule has 1 aromatic carbocycles. The van der Waals surface area contributed by atoms with Gasteiger partial charge in [-0.05, 0) is 44.0 Å². The van der Waals surface area contributed by atoms with E-state index in [1.54, 1.807) is 0 Å². The number of benzene rings is 1. The number of fused-ring (bicyclic) bond motifs is 1. The van der Waals surface area contributed by atoms with Crippen molar-refractivity contribution in [2.45, 2.75) is 19.4 Å². The molecule has 2 heterocycles. The predicted molar refractivity (Wildman–Crippen MR) is 83.9 cm³/mol. The monoisotopic (exact) mass is 275 g/mol. The van der Waals surface area contributed by atoms with E-state index >= 15 is 0 Å². The number of aliphatic imine (C=N–C) groups is 1. The van der Waals surface area contributed by atoms with Crippen molar-refractivity contribution < 1.29 is 0 Å². The zero-order valence-electron chi connectivity index (χ0n) is 11.4. The van der Waals surface area contributed by atoms with Crippen LogP contribution in [-0.4, -0.2) is 36.0 Å². The fourth-order valence-electron chi connectivity index (χ4n) is 2.76. The summed E-state index contributed by atoms with van der Waals surface area (Å²) in [5, 5.41) is 4.52. The fraction of sp³-hybridized carbons (Fsp3) is 0.533. The molecule has 0 aromatic heterocycles. The molecule has 1 aromatic rings. The van der Waals surface area contributed by atoms with Crippen molar-refractivity contribution in [3.8, 4) is 0 Å². The number of nitrogens with zero attached hydrogens (tertiary/aromatic N) is 2. The van der Waals surface area contributed by atoms with Crippen LogP contribution in [0.4, 0.5) is 5.69 Å². The molecule has 1 saturated heterocycles. The van der Waals surface area contributed by atoms with Gasteiger partial charge in [0.1, 0.15) is 0 Å². The third-order valence-electron chi connectivity index (χ3n) is 3.91. The van der Waals surface area contributed by atoms with E-state index in [9.17, 15) is 0 Å². The van der Waals surface area contributed by atoms with Crippen LogP contribution in [0.5, 0.6) is 0 Å². The first-order valence-corrected chi connectivity index (χ1v) is 8.00. The van der Waals surface area contributed by atoms with Gasteiger partial charge in [-0.25, -0.2) is 0 Å². The summed E-state index contributed by atoms with van der Waals surface area (Å²) in [4.78, 5) is 7.04. The highest BCUT2D eigenvalue weighted by Gasteiger charge is 2.19. The Balaban J connectivity index is 1.46. The summed E-state index contributed by atoms with van der Waals surface area (Å²) in [5.41, 5.74) is 2.52. The van der Waals surface area contributed by atoms with Crippen molar-refractivity contribution in [1.82, 2.24) is 4.90 Å². The zero-order valence-corrected chi connectivity index (χ0v) is 12.2. The molecule has 3 nitrogen and oxygen atoms in total. The van der Waals surface area contributed by atoms with Gasteiger partial charge in [-0.3, -0.25) is 4.99 Å². The van der Waals surface area contributed by atoms with Gasteiger partial charge >= 0.3 is 0 Å². The molecular weight excluding hydrogens is 254 g/mol. The van der Waals surface area contributed by atoms with Gasteiger partial charge < -0.3 is 10.2 Å². The molecule has 1 unspecified atom stereocenters. The summed E-state index contributed by atoms with van der Waals surface area (Å²) >= 11 is 1.87. The molecule has 1 fully saturated rings. The second-order valence-electron chi connectivity index (χ2n) is 5.46. The molecule has 2 aliphatic rings. The highest BCUT2D eigenvalue weighted by Crippen LogP contribution is 2.25. The average Bonchev–Trinajstić information content (AvgIpc) is 2.84. The molecule has 0 amide bonds. The summed E-state index contributed by atoms with van der Waals surface area (Å²) in [7, 11) is 2.22. The summed E-state index contributed by atoms with van der Waals surface area (Å²) in [6.07, 6.45) is 2.66. The van der Waals surface area contributed by atoms with Gasteiger partial charge in [0.05, 0.1) is 6.54 Å². The number of anilines is 1. The fourth-order valence-corrected chi connectivity index (χ4v) is 3.74. The lowest BCUT2D eigenvalue weighted by Gasteiger charge is -2.18. The van der Waals surface area contributed by atoms with E-state index in [2.05, 4.69) is 46.5 Å². The van der Waals surface area contributed by atoms with Gasteiger partial charge in [0.15, 0.2) is 5.17 Å². The van der Waals surface area contributed by atoms with Crippen molar-refractivity contribution in [3.63, 3.8) is 0 Å². The van der Waals surface area contributed by atoms with E-state index in [0.29, 0.717) is 0 Å². The van der Waals surface area contributed by atoms with Crippen molar-refractivity contribution in [1.29, 1.82) is 0 Å². The molecule has 0 radical (unpaired) electrons. The van der Waals surface area contributed by atoms with Crippen molar-refractivity contribution >= 4 is 22.6 Å². The van der Waals surface area contributed by atoms with Crippen molar-refractivity contribution in [2.24, 2.45) is 10.9 Å². The van der Waals surface area contributed by atoms with E-state index in [1.165, 1.54) is 42.9 Å². The van der Waals surface area contributed by atoms with Crippen LogP contribution in [0.1, 0.15) is 18.4 Å². The molecule has 3 rings (SSSR count). The first-order valence-electron chi connectivity index (χ1n) is 7.02. The van der Waals surface area contributed by atoms with Gasteiger partial charge in [0.2, 0.25) is 0 Å². The van der Waals surface area contributed by atoms with Gasteiger partial charge in [0.25, 0.3) is 0 Å². The maximum atomic E-state index is 4.61. The number of likely N-dealkylation sites (tertiary alicyclic amines) is 1. The summed E-state index contributed by atoms with van der Waals surface area (Å²) < 4.78 is 0. The number of hydrogen-bond acceptors (Lipinski definition) is 4. The smallest absolute Gasteiger partial charge is 0.161 e. The molecule has 4 heteroatoms. The second kappa shape index (κ2) is 5.97. The summed E-state index contributed by atoms with van der Waals surface area (Å²) in [5.74, 6) is 2.06. The summed E-state index contributed by atoms with van der Waals surface area (Å²) in [6.45, 7) is 3.35. The average molecular weight is 275 g/mol. The number of amidine groups is 1. The van der Waals surface area contributed by atoms with Crippen LogP contribution < -0.4 is 5.32 Å². The van der Waals surface area contributed by atoms with E-state index < -0.39 is 0 Å². The molecule has 0 spiro atoms. The molecule has 0 aliphatic carbocycles. The van der Waals surface area contributed by atoms with Crippen LogP contribution in [0.3, 0.4) is 0 Å². The van der Waals surface area contributed by atoms with E-state index in [-0.39, 0.29) is 0 Å². The Kier molecular flexibility index (Phi) is 4.09. The quantitative estimate of drug-likeness (QED) is 0.919. The van der Waals surface area contributed by atoms with Crippen molar-refractivity contribution in [3.05, 3.63) is 29.8 Å². The minimum absolute atomic E-state index is 0.817. The minimum Gasteiger partial charge on any atom is -0.335 e. The molecule has 102 valence electrons. The van der Waals surface area contributed by atoms with Gasteiger partial charge in [-0.2, -0.15) is 0 Å². The predicted octanol–water partition coefficient (Wildman–Crippen LogP) is 3.04. The molecule has 2 aliphatic heterocycles. The lowest BCUT2D eigenvalue weighted by molar-refractivity contribution is 0.393. The Hall–Kier alpha value is -1.00. The topological polar surface area (TPSA) is 27.6 Å². The zero-order chi connectivity index (χ0) is 13.1. The lowest BCUT2D eigenvalue weighted by Crippen LogP contribution is -2.16. The van der Waals surface area contributed by atoms with Crippen LogP contribution in [0.25, 0.3) is 0 Å². The van der Waals surface area contributed by atoms with E-state index in [0.717, 1.165) is 17.6 Å². The van der Waals surface area contributed by atoms with Crippen LogP contribution in [-0.2, 0) is 6.54 Å². The van der Waals surface area contributed by atoms with Crippen LogP contribution in [0.2, 0.25) is 0 Å². The highest BCUT2D eigenvalue weighted by molar-refractivity contribution is 8.14. The SMILES string of the molecule is CN1CCC(CCSC2=NCc3ccccc3N2)C1. The normalized spacial score (nSPS) is 22.8. The first kappa shape index (κ1) is 13.0. The Morgan fingerprint density at radius 2 is 2.32 bits per heavy atom. The van der Waals surface area contributed by atoms with Crippen molar-refractivity contribution in [2.75, 3.05) is 31.2 Å². The molecular formula is C15H21N3S. The van der Waals surface area contributed by atoms with Crippen LogP contribution in [0, 0.1) is 5.92 Å². The Bertz CT molecular complexity index is 472. The van der Waals surface area contributed by atoms with Gasteiger partial charge in [0, 0.05) is 18.0 Å². The molecule has 0 saturated carbocycles. The largest absolute Gasteiger partial charge is 0.335 e. The Labute approximate surface area is 119 Å². The van der Waals surface area contributed by atoms with E-state index in [4.69, 9.17) is 0 Å². The molecule has 0 bridgehead atoms. The number of thioether (sulfide) groups is 1. The molecule has 19 heavy (non-hydrogen) atoms. The van der Waals surface area contributed by atoms with Gasteiger partial charge in [-0.1, -0.05) is 30.0 Å². The lowest BCUT2D eigenvalue weighted by atomic mass is 10.1. The number of para-hydroxylation sites is 1. The summed E-state index contributed by atoms with van der Waals surface area (Å²) in [6, 6.07) is 8.43. The second-order valence-corrected chi connectivity index (χ2v) is 6.54. The maximum Gasteiger partial charge on any atom is 0.161 e. The van der Waals surface area contributed by atoms with Gasteiger partial charge in [-0.15, -0.1) is 0 Å². The third kappa shape index (κ3) is 3.31. The number of hydrogen-bond donors (Lipinski definition) is 1. The Morgan fingerprint density at radius 3 is 3.16 bits per heavy atom. The highest BCUT2D eigenvalue weighted by atomic mass is 32.2. The number of rotatable bonds is 3. The third-order valence-corrected chi connectivity index (χ3v) is 4.85. The molecule has 1 N–H and O–H groups in total. The Morgan fingerprint density at radius 1 is 1.42 bits per heavy atom. The van der Waals surface area contributed by atoms with E-state index in [1.807, 2.05) is 11.8 Å². The van der Waals surface area contributed by atoms with Crippen LogP contribution >= 0.6 is 11.8 Å². The number of nitrogens with one attached hydrogen (secondary N) is 1. The minimum atomic E-state index is 0.817. The van der Waals surface area contributed by atoms with Crippen LogP contribution in [0.15, 0.2) is 29.3 Å². The first-order chi connectivity index (χ1) is 9.31.